The van der Waals surface area contributed by atoms with Crippen LogP contribution in [-0.2, 0) is 21.9 Å². The lowest BCUT2D eigenvalue weighted by atomic mass is 10.1. The maximum atomic E-state index is 13.4. The van der Waals surface area contributed by atoms with Crippen molar-refractivity contribution in [3.63, 3.8) is 0 Å². The van der Waals surface area contributed by atoms with Crippen LogP contribution in [0.3, 0.4) is 0 Å². The van der Waals surface area contributed by atoms with Gasteiger partial charge in [-0.15, -0.1) is 11.8 Å². The maximum Gasteiger partial charge on any atom is 0.243 e. The van der Waals surface area contributed by atoms with E-state index in [4.69, 9.17) is 0 Å². The summed E-state index contributed by atoms with van der Waals surface area (Å²) in [5.41, 5.74) is 5.97. The number of aryl methyl sites for hydroxylation is 3. The molecule has 0 radical (unpaired) electrons. The monoisotopic (exact) mass is 466 g/mol. The molecule has 0 spiro atoms. The highest BCUT2D eigenvalue weighted by molar-refractivity contribution is 7.99. The van der Waals surface area contributed by atoms with Crippen LogP contribution in [-0.4, -0.2) is 34.6 Å². The van der Waals surface area contributed by atoms with Gasteiger partial charge in [0.2, 0.25) is 11.8 Å². The molecule has 178 valence electrons. The summed E-state index contributed by atoms with van der Waals surface area (Å²) in [5, 5.41) is 3.21. The number of hydrogen-bond acceptors (Lipinski definition) is 3. The summed E-state index contributed by atoms with van der Waals surface area (Å²) in [4.78, 5) is 28.4. The molecule has 2 amide bonds. The average molecular weight is 467 g/mol. The minimum atomic E-state index is -0.443. The highest BCUT2D eigenvalue weighted by Gasteiger charge is 2.30. The van der Waals surface area contributed by atoms with E-state index < -0.39 is 6.04 Å². The molecule has 3 rings (SSSR count). The van der Waals surface area contributed by atoms with Gasteiger partial charge in [0.15, 0.2) is 0 Å². The van der Waals surface area contributed by atoms with Gasteiger partial charge >= 0.3 is 0 Å². The van der Waals surface area contributed by atoms with Crippen molar-refractivity contribution in [3.8, 4) is 0 Å². The first-order valence-electron chi connectivity index (χ1n) is 12.2. The molecule has 2 aromatic rings. The fourth-order valence-corrected chi connectivity index (χ4v) is 5.51. The molecule has 0 aliphatic heterocycles. The van der Waals surface area contributed by atoms with Crippen LogP contribution < -0.4 is 5.32 Å². The van der Waals surface area contributed by atoms with Crippen molar-refractivity contribution >= 4 is 23.6 Å². The van der Waals surface area contributed by atoms with Gasteiger partial charge in [-0.25, -0.2) is 0 Å². The van der Waals surface area contributed by atoms with Gasteiger partial charge in [0.1, 0.15) is 6.04 Å². The Morgan fingerprint density at radius 1 is 0.970 bits per heavy atom. The van der Waals surface area contributed by atoms with Crippen LogP contribution in [0.4, 0.5) is 0 Å². The van der Waals surface area contributed by atoms with Gasteiger partial charge in [0.25, 0.3) is 0 Å². The van der Waals surface area contributed by atoms with Crippen molar-refractivity contribution in [2.24, 2.45) is 0 Å². The number of amides is 2. The SMILES string of the molecule is CCC(C(=O)NC1CCCC1)N(Cc1ccc(C)cc1)C(=O)CSCc1cc(C)cc(C)c1. The Morgan fingerprint density at radius 2 is 1.61 bits per heavy atom. The molecule has 0 bridgehead atoms. The second-order valence-electron chi connectivity index (χ2n) is 9.41. The van der Waals surface area contributed by atoms with E-state index in [0.717, 1.165) is 24.2 Å². The van der Waals surface area contributed by atoms with Crippen LogP contribution in [0.2, 0.25) is 0 Å². The van der Waals surface area contributed by atoms with Gasteiger partial charge in [0, 0.05) is 18.3 Å². The number of carbonyl (C=O) groups is 2. The van der Waals surface area contributed by atoms with Crippen LogP contribution in [0, 0.1) is 20.8 Å². The third-order valence-electron chi connectivity index (χ3n) is 6.34. The minimum absolute atomic E-state index is 0.0100. The number of rotatable bonds is 10. The first kappa shape index (κ1) is 25.4. The van der Waals surface area contributed by atoms with Gasteiger partial charge in [0.05, 0.1) is 5.75 Å². The Bertz CT molecular complexity index is 915. The van der Waals surface area contributed by atoms with Gasteiger partial charge in [-0.2, -0.15) is 0 Å². The number of thioether (sulfide) groups is 1. The molecule has 0 saturated heterocycles. The summed E-state index contributed by atoms with van der Waals surface area (Å²) < 4.78 is 0. The van der Waals surface area contributed by atoms with E-state index in [-0.39, 0.29) is 17.9 Å². The summed E-state index contributed by atoms with van der Waals surface area (Å²) in [6.07, 6.45) is 5.03. The number of nitrogens with one attached hydrogen (secondary N) is 1. The lowest BCUT2D eigenvalue weighted by molar-refractivity contribution is -0.139. The zero-order valence-corrected chi connectivity index (χ0v) is 21.3. The summed E-state index contributed by atoms with van der Waals surface area (Å²) >= 11 is 1.62. The van der Waals surface area contributed by atoms with Crippen molar-refractivity contribution in [1.82, 2.24) is 10.2 Å². The average Bonchev–Trinajstić information content (AvgIpc) is 3.27. The van der Waals surface area contributed by atoms with Gasteiger partial charge in [-0.1, -0.05) is 78.9 Å². The largest absolute Gasteiger partial charge is 0.352 e. The Kier molecular flexibility index (Phi) is 9.42. The number of carbonyl (C=O) groups excluding carboxylic acids is 2. The molecule has 1 atom stereocenters. The van der Waals surface area contributed by atoms with E-state index in [9.17, 15) is 9.59 Å². The van der Waals surface area contributed by atoms with Crippen LogP contribution in [0.1, 0.15) is 66.8 Å². The first-order chi connectivity index (χ1) is 15.9. The third kappa shape index (κ3) is 7.63. The van der Waals surface area contributed by atoms with Crippen molar-refractivity contribution in [2.45, 2.75) is 84.2 Å². The lowest BCUT2D eigenvalue weighted by Gasteiger charge is -2.31. The fraction of sp³-hybridized carbons (Fsp3) is 0.500. The fourth-order valence-electron chi connectivity index (χ4n) is 4.67. The van der Waals surface area contributed by atoms with Crippen LogP contribution in [0.25, 0.3) is 0 Å². The Hall–Kier alpha value is -2.27. The summed E-state index contributed by atoms with van der Waals surface area (Å²) in [6.45, 7) is 8.71. The summed E-state index contributed by atoms with van der Waals surface area (Å²) in [7, 11) is 0. The van der Waals surface area contributed by atoms with Crippen molar-refractivity contribution in [2.75, 3.05) is 5.75 Å². The quantitative estimate of drug-likeness (QED) is 0.488. The smallest absolute Gasteiger partial charge is 0.243 e. The Balaban J connectivity index is 1.70. The molecule has 1 aliphatic carbocycles. The molecule has 1 aliphatic rings. The van der Waals surface area contributed by atoms with E-state index in [1.165, 1.54) is 35.1 Å². The number of hydrogen-bond donors (Lipinski definition) is 1. The summed E-state index contributed by atoms with van der Waals surface area (Å²) in [6, 6.07) is 14.6. The summed E-state index contributed by atoms with van der Waals surface area (Å²) in [5.74, 6) is 1.17. The van der Waals surface area contributed by atoms with Crippen molar-refractivity contribution < 1.29 is 9.59 Å². The van der Waals surface area contributed by atoms with Crippen LogP contribution in [0.15, 0.2) is 42.5 Å². The number of benzene rings is 2. The predicted octanol–water partition coefficient (Wildman–Crippen LogP) is 5.71. The molecule has 4 nitrogen and oxygen atoms in total. The number of nitrogens with zero attached hydrogens (tertiary/aromatic N) is 1. The maximum absolute atomic E-state index is 13.4. The Labute approximate surface area is 203 Å². The highest BCUT2D eigenvalue weighted by Crippen LogP contribution is 2.21. The van der Waals surface area contributed by atoms with Crippen molar-refractivity contribution in [1.29, 1.82) is 0 Å². The topological polar surface area (TPSA) is 49.4 Å². The molecular formula is C28H38N2O2S. The molecule has 1 N–H and O–H groups in total. The minimum Gasteiger partial charge on any atom is -0.352 e. The van der Waals surface area contributed by atoms with Gasteiger partial charge < -0.3 is 10.2 Å². The zero-order chi connectivity index (χ0) is 23.8. The third-order valence-corrected chi connectivity index (χ3v) is 7.33. The molecular weight excluding hydrogens is 428 g/mol. The molecule has 33 heavy (non-hydrogen) atoms. The van der Waals surface area contributed by atoms with E-state index in [1.807, 2.05) is 6.92 Å². The second kappa shape index (κ2) is 12.3. The lowest BCUT2D eigenvalue weighted by Crippen LogP contribution is -2.51. The van der Waals surface area contributed by atoms with Gasteiger partial charge in [-0.05, 0) is 51.2 Å². The Morgan fingerprint density at radius 3 is 2.21 bits per heavy atom. The van der Waals surface area contributed by atoms with E-state index >= 15 is 0 Å². The first-order valence-corrected chi connectivity index (χ1v) is 13.3. The predicted molar refractivity (Wildman–Crippen MR) is 138 cm³/mol. The molecule has 0 heterocycles. The zero-order valence-electron chi connectivity index (χ0n) is 20.5. The standard InChI is InChI=1S/C28H38N2O2S/c1-5-26(28(32)29-25-8-6-7-9-25)30(17-23-12-10-20(2)11-13-23)27(31)19-33-18-24-15-21(3)14-22(4)16-24/h10-16,25-26H,5-9,17-19H2,1-4H3,(H,29,32). The van der Waals surface area contributed by atoms with E-state index in [0.29, 0.717) is 18.7 Å². The second-order valence-corrected chi connectivity index (χ2v) is 10.4. The van der Waals surface area contributed by atoms with Gasteiger partial charge in [-0.3, -0.25) is 9.59 Å². The van der Waals surface area contributed by atoms with E-state index in [2.05, 4.69) is 68.6 Å². The van der Waals surface area contributed by atoms with Crippen molar-refractivity contribution in [3.05, 3.63) is 70.3 Å². The molecule has 1 unspecified atom stereocenters. The molecule has 5 heteroatoms. The molecule has 1 fully saturated rings. The molecule has 2 aromatic carbocycles. The highest BCUT2D eigenvalue weighted by atomic mass is 32.2. The van der Waals surface area contributed by atoms with E-state index in [1.54, 1.807) is 16.7 Å². The molecule has 0 aromatic heterocycles. The molecule has 1 saturated carbocycles. The van der Waals surface area contributed by atoms with Crippen LogP contribution in [0.5, 0.6) is 0 Å². The normalized spacial score (nSPS) is 14.8. The van der Waals surface area contributed by atoms with Crippen LogP contribution >= 0.6 is 11.8 Å².